The lowest BCUT2D eigenvalue weighted by Gasteiger charge is -2.24. The van der Waals surface area contributed by atoms with Gasteiger partial charge in [0.2, 0.25) is 0 Å². The first-order chi connectivity index (χ1) is 13.7. The summed E-state index contributed by atoms with van der Waals surface area (Å²) in [5.74, 6) is -0.0933. The van der Waals surface area contributed by atoms with Crippen LogP contribution in [0.4, 0.5) is 0 Å². The summed E-state index contributed by atoms with van der Waals surface area (Å²) in [7, 11) is 0. The maximum atomic E-state index is 13.1. The highest BCUT2D eigenvalue weighted by molar-refractivity contribution is 5.94. The molecule has 3 heterocycles. The van der Waals surface area contributed by atoms with E-state index in [1.165, 1.54) is 0 Å². The third-order valence-electron chi connectivity index (χ3n) is 4.86. The number of nitrogens with zero attached hydrogens (tertiary/aromatic N) is 4. The minimum Gasteiger partial charge on any atom is -0.370 e. The number of hydrogen-bond acceptors (Lipinski definition) is 4. The number of ether oxygens (including phenoxy) is 1. The van der Waals surface area contributed by atoms with Crippen LogP contribution in [0.25, 0.3) is 0 Å². The first kappa shape index (κ1) is 18.0. The number of nitriles is 1. The van der Waals surface area contributed by atoms with Crippen molar-refractivity contribution in [3.8, 4) is 6.07 Å². The highest BCUT2D eigenvalue weighted by Gasteiger charge is 2.26. The monoisotopic (exact) mass is 372 g/mol. The van der Waals surface area contributed by atoms with Gasteiger partial charge in [0.15, 0.2) is 0 Å². The van der Waals surface area contributed by atoms with Crippen molar-refractivity contribution in [2.75, 3.05) is 6.54 Å². The maximum absolute atomic E-state index is 13.1. The quantitative estimate of drug-likeness (QED) is 0.706. The Bertz CT molecular complexity index is 1010. The van der Waals surface area contributed by atoms with Gasteiger partial charge in [-0.15, -0.1) is 0 Å². The number of carbonyl (C=O) groups excluding carboxylic acids is 1. The van der Waals surface area contributed by atoms with Crippen LogP contribution >= 0.6 is 0 Å². The molecule has 0 unspecified atom stereocenters. The second kappa shape index (κ2) is 8.07. The third kappa shape index (κ3) is 3.95. The van der Waals surface area contributed by atoms with Crippen molar-refractivity contribution < 1.29 is 9.53 Å². The zero-order valence-corrected chi connectivity index (χ0v) is 15.4. The smallest absolute Gasteiger partial charge is 0.254 e. The van der Waals surface area contributed by atoms with Gasteiger partial charge in [0, 0.05) is 36.4 Å². The van der Waals surface area contributed by atoms with E-state index < -0.39 is 0 Å². The standard InChI is InChI=1S/C22H20N4O2/c23-12-18-3-1-4-19(11-18)22(27)26-13-20-5-2-10-25(20)14-21(15-26)28-16-17-6-8-24-9-7-17/h1-11,21H,13-16H2/t21-/m0/s1. The second-order valence-electron chi connectivity index (χ2n) is 6.82. The molecule has 0 fully saturated rings. The zero-order valence-electron chi connectivity index (χ0n) is 15.4. The summed E-state index contributed by atoms with van der Waals surface area (Å²) in [5, 5.41) is 9.12. The van der Waals surface area contributed by atoms with Crippen LogP contribution in [0.1, 0.15) is 27.2 Å². The van der Waals surface area contributed by atoms with Crippen LogP contribution in [0.5, 0.6) is 0 Å². The molecule has 3 aromatic rings. The Balaban J connectivity index is 1.54. The van der Waals surface area contributed by atoms with Gasteiger partial charge >= 0.3 is 0 Å². The lowest BCUT2D eigenvalue weighted by atomic mass is 10.1. The molecule has 0 radical (unpaired) electrons. The molecule has 4 rings (SSSR count). The van der Waals surface area contributed by atoms with Crippen LogP contribution in [0.2, 0.25) is 0 Å². The Morgan fingerprint density at radius 2 is 2.04 bits per heavy atom. The molecular formula is C22H20N4O2. The molecule has 2 aromatic heterocycles. The first-order valence-corrected chi connectivity index (χ1v) is 9.17. The predicted molar refractivity (Wildman–Crippen MR) is 103 cm³/mol. The van der Waals surface area contributed by atoms with E-state index in [1.54, 1.807) is 41.6 Å². The Labute approximate surface area is 163 Å². The fourth-order valence-corrected chi connectivity index (χ4v) is 3.41. The Kier molecular flexibility index (Phi) is 5.18. The van der Waals surface area contributed by atoms with Crippen molar-refractivity contribution in [2.45, 2.75) is 25.8 Å². The van der Waals surface area contributed by atoms with Gasteiger partial charge in [-0.1, -0.05) is 6.07 Å². The number of hydrogen-bond donors (Lipinski definition) is 0. The van der Waals surface area contributed by atoms with E-state index in [9.17, 15) is 4.79 Å². The Hall–Kier alpha value is -3.43. The number of aromatic nitrogens is 2. The van der Waals surface area contributed by atoms with Gasteiger partial charge in [-0.3, -0.25) is 9.78 Å². The zero-order chi connectivity index (χ0) is 19.3. The lowest BCUT2D eigenvalue weighted by Crippen LogP contribution is -2.37. The summed E-state index contributed by atoms with van der Waals surface area (Å²) in [6.45, 7) is 2.16. The van der Waals surface area contributed by atoms with Crippen LogP contribution in [0.15, 0.2) is 67.1 Å². The SMILES string of the molecule is N#Cc1cccc(C(=O)N2Cc3cccn3C[C@H](OCc3ccncc3)C2)c1. The van der Waals surface area contributed by atoms with Crippen LogP contribution in [-0.2, 0) is 24.4 Å². The van der Waals surface area contributed by atoms with Crippen LogP contribution in [0.3, 0.4) is 0 Å². The van der Waals surface area contributed by atoms with Crippen molar-refractivity contribution in [1.29, 1.82) is 5.26 Å². The minimum atomic E-state index is -0.134. The molecule has 1 aliphatic heterocycles. The maximum Gasteiger partial charge on any atom is 0.254 e. The summed E-state index contributed by atoms with van der Waals surface area (Å²) in [4.78, 5) is 18.9. The molecule has 6 nitrogen and oxygen atoms in total. The molecule has 0 saturated carbocycles. The van der Waals surface area contributed by atoms with E-state index in [1.807, 2.05) is 30.5 Å². The van der Waals surface area contributed by atoms with Crippen molar-refractivity contribution >= 4 is 5.91 Å². The molecule has 1 amide bonds. The summed E-state index contributed by atoms with van der Waals surface area (Å²) < 4.78 is 8.28. The van der Waals surface area contributed by atoms with Gasteiger partial charge in [-0.25, -0.2) is 0 Å². The molecular weight excluding hydrogens is 352 g/mol. The fourth-order valence-electron chi connectivity index (χ4n) is 3.41. The topological polar surface area (TPSA) is 71.2 Å². The van der Waals surface area contributed by atoms with Crippen molar-refractivity contribution in [3.63, 3.8) is 0 Å². The molecule has 6 heteroatoms. The summed E-state index contributed by atoms with van der Waals surface area (Å²) >= 11 is 0. The highest BCUT2D eigenvalue weighted by atomic mass is 16.5. The van der Waals surface area contributed by atoms with Crippen LogP contribution in [-0.4, -0.2) is 33.0 Å². The Morgan fingerprint density at radius 1 is 1.18 bits per heavy atom. The highest BCUT2D eigenvalue weighted by Crippen LogP contribution is 2.19. The van der Waals surface area contributed by atoms with Gasteiger partial charge in [0.05, 0.1) is 37.4 Å². The molecule has 0 saturated heterocycles. The molecule has 28 heavy (non-hydrogen) atoms. The second-order valence-corrected chi connectivity index (χ2v) is 6.82. The number of rotatable bonds is 4. The van der Waals surface area contributed by atoms with E-state index in [0.717, 1.165) is 11.3 Å². The first-order valence-electron chi connectivity index (χ1n) is 9.17. The van der Waals surface area contributed by atoms with Crippen molar-refractivity contribution in [2.24, 2.45) is 0 Å². The summed E-state index contributed by atoms with van der Waals surface area (Å²) in [6, 6.07) is 16.8. The van der Waals surface area contributed by atoms with Gasteiger partial charge in [0.25, 0.3) is 5.91 Å². The van der Waals surface area contributed by atoms with E-state index in [0.29, 0.717) is 37.4 Å². The predicted octanol–water partition coefficient (Wildman–Crippen LogP) is 3.00. The van der Waals surface area contributed by atoms with Crippen LogP contribution < -0.4 is 0 Å². The molecule has 0 aliphatic carbocycles. The molecule has 140 valence electrons. The summed E-state index contributed by atoms with van der Waals surface area (Å²) in [5.41, 5.74) is 3.12. The van der Waals surface area contributed by atoms with Gasteiger partial charge in [-0.05, 0) is 48.0 Å². The van der Waals surface area contributed by atoms with Crippen molar-refractivity contribution in [3.05, 3.63) is 89.5 Å². The minimum absolute atomic E-state index is 0.0933. The molecule has 1 atom stereocenters. The van der Waals surface area contributed by atoms with E-state index >= 15 is 0 Å². The number of pyridine rings is 1. The molecule has 0 spiro atoms. The van der Waals surface area contributed by atoms with Crippen molar-refractivity contribution in [1.82, 2.24) is 14.5 Å². The van der Waals surface area contributed by atoms with E-state index in [-0.39, 0.29) is 12.0 Å². The average Bonchev–Trinajstić information content (AvgIpc) is 3.10. The molecule has 0 N–H and O–H groups in total. The molecule has 1 aliphatic rings. The third-order valence-corrected chi connectivity index (χ3v) is 4.86. The van der Waals surface area contributed by atoms with Gasteiger partial charge < -0.3 is 14.2 Å². The largest absolute Gasteiger partial charge is 0.370 e. The fraction of sp³-hybridized carbons (Fsp3) is 0.227. The molecule has 1 aromatic carbocycles. The lowest BCUT2D eigenvalue weighted by molar-refractivity contribution is 0.0105. The van der Waals surface area contributed by atoms with Crippen LogP contribution in [0, 0.1) is 11.3 Å². The Morgan fingerprint density at radius 3 is 2.86 bits per heavy atom. The van der Waals surface area contributed by atoms with Gasteiger partial charge in [-0.2, -0.15) is 5.26 Å². The number of carbonyl (C=O) groups is 1. The normalized spacial score (nSPS) is 16.1. The number of amides is 1. The van der Waals surface area contributed by atoms with E-state index in [4.69, 9.17) is 10.00 Å². The number of fused-ring (bicyclic) bond motifs is 1. The molecule has 0 bridgehead atoms. The van der Waals surface area contributed by atoms with Gasteiger partial charge in [0.1, 0.15) is 0 Å². The average molecular weight is 372 g/mol. The van der Waals surface area contributed by atoms with E-state index in [2.05, 4.69) is 15.6 Å². The summed E-state index contributed by atoms with van der Waals surface area (Å²) in [6.07, 6.45) is 5.37. The number of benzene rings is 1.